The second kappa shape index (κ2) is 8.23. The molecule has 1 aromatic carbocycles. The van der Waals surface area contributed by atoms with Gasteiger partial charge in [0.05, 0.1) is 17.1 Å². The van der Waals surface area contributed by atoms with Gasteiger partial charge >= 0.3 is 0 Å². The van der Waals surface area contributed by atoms with Crippen molar-refractivity contribution in [3.8, 4) is 11.3 Å². The van der Waals surface area contributed by atoms with Gasteiger partial charge in [-0.25, -0.2) is 4.98 Å². The van der Waals surface area contributed by atoms with Crippen LogP contribution in [0, 0.1) is 13.8 Å². The minimum Gasteiger partial charge on any atom is -0.355 e. The van der Waals surface area contributed by atoms with Crippen LogP contribution in [0.5, 0.6) is 0 Å². The summed E-state index contributed by atoms with van der Waals surface area (Å²) in [6, 6.07) is 15.3. The molecular weight excluding hydrogens is 414 g/mol. The number of benzene rings is 1. The van der Waals surface area contributed by atoms with Crippen molar-refractivity contribution in [3.63, 3.8) is 0 Å². The summed E-state index contributed by atoms with van der Waals surface area (Å²) < 4.78 is 1.65. The van der Waals surface area contributed by atoms with E-state index >= 15 is 0 Å². The van der Waals surface area contributed by atoms with E-state index in [-0.39, 0.29) is 5.91 Å². The maximum atomic E-state index is 12.9. The van der Waals surface area contributed by atoms with Crippen LogP contribution in [-0.2, 0) is 7.05 Å². The van der Waals surface area contributed by atoms with E-state index in [2.05, 4.69) is 25.7 Å². The Hall–Kier alpha value is -4.46. The third-order valence-electron chi connectivity index (χ3n) is 5.50. The van der Waals surface area contributed by atoms with Crippen LogP contribution in [0.2, 0.25) is 0 Å². The number of amides is 1. The van der Waals surface area contributed by atoms with Gasteiger partial charge in [0.25, 0.3) is 5.91 Å². The van der Waals surface area contributed by atoms with Gasteiger partial charge in [0, 0.05) is 53.9 Å². The van der Waals surface area contributed by atoms with E-state index in [1.807, 2.05) is 68.6 Å². The number of hydrogen-bond acceptors (Lipinski definition) is 5. The molecule has 4 aromatic heterocycles. The van der Waals surface area contributed by atoms with Gasteiger partial charge in [-0.1, -0.05) is 6.07 Å². The van der Waals surface area contributed by atoms with E-state index in [0.717, 1.165) is 44.9 Å². The van der Waals surface area contributed by atoms with Gasteiger partial charge in [0.1, 0.15) is 11.5 Å². The molecule has 0 bridgehead atoms. The summed E-state index contributed by atoms with van der Waals surface area (Å²) in [6.07, 6.45) is 5.39. The molecule has 4 heterocycles. The maximum Gasteiger partial charge on any atom is 0.256 e. The molecule has 5 rings (SSSR count). The fourth-order valence-corrected chi connectivity index (χ4v) is 3.76. The largest absolute Gasteiger partial charge is 0.355 e. The smallest absolute Gasteiger partial charge is 0.256 e. The number of nitrogens with zero attached hydrogens (tertiary/aromatic N) is 4. The van der Waals surface area contributed by atoms with Crippen LogP contribution in [0.1, 0.15) is 21.6 Å². The number of nitrogens with one attached hydrogen (secondary N) is 3. The Morgan fingerprint density at radius 2 is 1.94 bits per heavy atom. The van der Waals surface area contributed by atoms with Crippen LogP contribution in [0.4, 0.5) is 17.2 Å². The van der Waals surface area contributed by atoms with Crippen LogP contribution in [0.3, 0.4) is 0 Å². The average molecular weight is 438 g/mol. The molecule has 8 nitrogen and oxygen atoms in total. The van der Waals surface area contributed by atoms with Crippen molar-refractivity contribution in [1.82, 2.24) is 24.7 Å². The number of aromatic nitrogens is 5. The molecule has 0 aliphatic rings. The van der Waals surface area contributed by atoms with E-state index in [0.29, 0.717) is 11.4 Å². The lowest BCUT2D eigenvalue weighted by Gasteiger charge is -2.14. The van der Waals surface area contributed by atoms with E-state index in [1.54, 1.807) is 24.1 Å². The number of carbonyl (C=O) groups is 1. The standard InChI is InChI=1S/C25H23N7O/c1-15-6-7-17(25(33)30-23-11-16(2)31-32(23)3)12-20(15)28-22-13-21(18-5-4-9-26-14-18)29-24-19(22)8-10-27-24/h4-14H,1-3H3,(H,30,33)(H2,27,28,29). The van der Waals surface area contributed by atoms with E-state index < -0.39 is 0 Å². The minimum atomic E-state index is -0.196. The first kappa shape index (κ1) is 20.4. The van der Waals surface area contributed by atoms with Crippen molar-refractivity contribution in [1.29, 1.82) is 0 Å². The number of hydrogen-bond donors (Lipinski definition) is 3. The summed E-state index contributed by atoms with van der Waals surface area (Å²) in [5.74, 6) is 0.454. The predicted octanol–water partition coefficient (Wildman–Crippen LogP) is 4.97. The second-order valence-electron chi connectivity index (χ2n) is 7.94. The molecule has 164 valence electrons. The van der Waals surface area contributed by atoms with Crippen molar-refractivity contribution >= 4 is 34.1 Å². The number of anilines is 3. The Morgan fingerprint density at radius 3 is 2.70 bits per heavy atom. The highest BCUT2D eigenvalue weighted by Gasteiger charge is 2.14. The molecule has 0 unspecified atom stereocenters. The third-order valence-corrected chi connectivity index (χ3v) is 5.50. The zero-order valence-electron chi connectivity index (χ0n) is 18.5. The van der Waals surface area contributed by atoms with Crippen LogP contribution in [0.15, 0.2) is 67.1 Å². The van der Waals surface area contributed by atoms with Gasteiger partial charge < -0.3 is 15.6 Å². The SMILES string of the molecule is Cc1cc(NC(=O)c2ccc(C)c(Nc3cc(-c4cccnc4)nc4[nH]ccc34)c2)n(C)n1. The zero-order chi connectivity index (χ0) is 22.9. The second-order valence-corrected chi connectivity index (χ2v) is 7.94. The first-order valence-electron chi connectivity index (χ1n) is 10.6. The highest BCUT2D eigenvalue weighted by molar-refractivity contribution is 6.05. The highest BCUT2D eigenvalue weighted by atomic mass is 16.1. The van der Waals surface area contributed by atoms with E-state index in [9.17, 15) is 4.79 Å². The molecule has 0 spiro atoms. The van der Waals surface area contributed by atoms with Crippen LogP contribution in [0.25, 0.3) is 22.3 Å². The molecule has 0 atom stereocenters. The Morgan fingerprint density at radius 1 is 1.06 bits per heavy atom. The molecule has 0 radical (unpaired) electrons. The van der Waals surface area contributed by atoms with E-state index in [1.165, 1.54) is 0 Å². The topological polar surface area (TPSA) is 101 Å². The number of aromatic amines is 1. The first-order chi connectivity index (χ1) is 16.0. The molecule has 1 amide bonds. The summed E-state index contributed by atoms with van der Waals surface area (Å²) in [6.45, 7) is 3.89. The third kappa shape index (κ3) is 4.06. The molecule has 0 aliphatic carbocycles. The van der Waals surface area contributed by atoms with Crippen molar-refractivity contribution in [3.05, 3.63) is 83.9 Å². The molecule has 5 aromatic rings. The maximum absolute atomic E-state index is 12.9. The zero-order valence-corrected chi connectivity index (χ0v) is 18.5. The van der Waals surface area contributed by atoms with Gasteiger partial charge in [-0.2, -0.15) is 5.10 Å². The quantitative estimate of drug-likeness (QED) is 0.360. The van der Waals surface area contributed by atoms with Gasteiger partial charge in [-0.05, 0) is 55.8 Å². The monoisotopic (exact) mass is 437 g/mol. The Labute approximate surface area is 190 Å². The molecule has 33 heavy (non-hydrogen) atoms. The fraction of sp³-hybridized carbons (Fsp3) is 0.120. The molecule has 0 saturated heterocycles. The summed E-state index contributed by atoms with van der Waals surface area (Å²) in [7, 11) is 1.80. The number of aryl methyl sites for hydroxylation is 3. The Bertz CT molecular complexity index is 1470. The van der Waals surface area contributed by atoms with Crippen LogP contribution < -0.4 is 10.6 Å². The predicted molar refractivity (Wildman–Crippen MR) is 130 cm³/mol. The van der Waals surface area contributed by atoms with Crippen LogP contribution >= 0.6 is 0 Å². The fourth-order valence-electron chi connectivity index (χ4n) is 3.76. The van der Waals surface area contributed by atoms with Crippen molar-refractivity contribution in [2.24, 2.45) is 7.05 Å². The number of carbonyl (C=O) groups excluding carboxylic acids is 1. The van der Waals surface area contributed by atoms with Crippen molar-refractivity contribution < 1.29 is 4.79 Å². The molecule has 8 heteroatoms. The van der Waals surface area contributed by atoms with Crippen LogP contribution in [-0.4, -0.2) is 30.6 Å². The number of H-pyrrole nitrogens is 1. The first-order valence-corrected chi connectivity index (χ1v) is 10.6. The van der Waals surface area contributed by atoms with Gasteiger partial charge in [-0.15, -0.1) is 0 Å². The summed E-state index contributed by atoms with van der Waals surface area (Å²) in [4.78, 5) is 25.0. The number of pyridine rings is 2. The molecule has 0 aliphatic heterocycles. The summed E-state index contributed by atoms with van der Waals surface area (Å²) in [5, 5.41) is 11.7. The van der Waals surface area contributed by atoms with Gasteiger partial charge in [0.2, 0.25) is 0 Å². The molecule has 0 fully saturated rings. The molecule has 3 N–H and O–H groups in total. The van der Waals surface area contributed by atoms with Gasteiger partial charge in [0.15, 0.2) is 0 Å². The Kier molecular flexibility index (Phi) is 5.10. The van der Waals surface area contributed by atoms with E-state index in [4.69, 9.17) is 4.98 Å². The normalized spacial score (nSPS) is 11.0. The molecular formula is C25H23N7O. The summed E-state index contributed by atoms with van der Waals surface area (Å²) in [5.41, 5.74) is 6.65. The Balaban J connectivity index is 1.49. The average Bonchev–Trinajstić information content (AvgIpc) is 3.41. The van der Waals surface area contributed by atoms with Gasteiger partial charge in [-0.3, -0.25) is 14.5 Å². The lowest BCUT2D eigenvalue weighted by Crippen LogP contribution is -2.15. The van der Waals surface area contributed by atoms with Crippen molar-refractivity contribution in [2.45, 2.75) is 13.8 Å². The lowest BCUT2D eigenvalue weighted by molar-refractivity contribution is 0.102. The highest BCUT2D eigenvalue weighted by Crippen LogP contribution is 2.31. The number of rotatable bonds is 5. The summed E-state index contributed by atoms with van der Waals surface area (Å²) >= 11 is 0. The minimum absolute atomic E-state index is 0.196. The number of fused-ring (bicyclic) bond motifs is 1. The molecule has 0 saturated carbocycles. The lowest BCUT2D eigenvalue weighted by atomic mass is 10.1. The van der Waals surface area contributed by atoms with Crippen molar-refractivity contribution in [2.75, 3.05) is 10.6 Å².